The van der Waals surface area contributed by atoms with Crippen molar-refractivity contribution in [3.8, 4) is 0 Å². The zero-order chi connectivity index (χ0) is 8.36. The summed E-state index contributed by atoms with van der Waals surface area (Å²) in [5.74, 6) is 0. The summed E-state index contributed by atoms with van der Waals surface area (Å²) in [7, 11) is 0. The van der Waals surface area contributed by atoms with Gasteiger partial charge in [-0.2, -0.15) is 0 Å². The highest BCUT2D eigenvalue weighted by Crippen LogP contribution is 2.01. The lowest BCUT2D eigenvalue weighted by atomic mass is 10.2. The molecule has 0 heterocycles. The van der Waals surface area contributed by atoms with Gasteiger partial charge in [-0.15, -0.1) is 6.58 Å². The Morgan fingerprint density at radius 1 is 1.09 bits per heavy atom. The molecule has 0 rings (SSSR count). The topological polar surface area (TPSA) is 0 Å². The first kappa shape index (κ1) is 10.2. The molecule has 0 unspecified atom stereocenters. The predicted molar refractivity (Wildman–Crippen MR) is 51.3 cm³/mol. The molecule has 0 atom stereocenters. The maximum atomic E-state index is 5.23. The molecule has 0 saturated heterocycles. The maximum Gasteiger partial charge on any atom is -0.0172 e. The summed E-state index contributed by atoms with van der Waals surface area (Å²) in [6, 6.07) is 0. The third kappa shape index (κ3) is 9.22. The van der Waals surface area contributed by atoms with E-state index in [0.29, 0.717) is 0 Å². The van der Waals surface area contributed by atoms with Crippen LogP contribution in [0.4, 0.5) is 0 Å². The molecule has 0 saturated carbocycles. The quantitative estimate of drug-likeness (QED) is 0.382. The maximum absolute atomic E-state index is 5.23. The van der Waals surface area contributed by atoms with E-state index in [4.69, 9.17) is 6.58 Å². The fourth-order valence-corrected chi connectivity index (χ4v) is 0.835. The SMILES string of the molecule is [CH]=CCCCCC=CCC=C. The molecular formula is C11H17. The molecule has 0 aromatic rings. The Hall–Kier alpha value is -0.780. The van der Waals surface area contributed by atoms with Crippen molar-refractivity contribution in [1.82, 2.24) is 0 Å². The van der Waals surface area contributed by atoms with E-state index in [9.17, 15) is 0 Å². The molecule has 61 valence electrons. The first-order valence-electron chi connectivity index (χ1n) is 4.21. The average Bonchev–Trinajstić information content (AvgIpc) is 2.03. The molecule has 0 bridgehead atoms. The molecule has 0 fully saturated rings. The number of rotatable bonds is 7. The number of unbranched alkanes of at least 4 members (excludes halogenated alkanes) is 3. The second-order valence-electron chi connectivity index (χ2n) is 2.52. The van der Waals surface area contributed by atoms with Crippen molar-refractivity contribution in [3.63, 3.8) is 0 Å². The van der Waals surface area contributed by atoms with Crippen LogP contribution < -0.4 is 0 Å². The Labute approximate surface area is 70.3 Å². The van der Waals surface area contributed by atoms with Crippen molar-refractivity contribution in [2.75, 3.05) is 0 Å². The van der Waals surface area contributed by atoms with E-state index in [0.717, 1.165) is 12.8 Å². The van der Waals surface area contributed by atoms with E-state index in [1.807, 2.05) is 6.08 Å². The lowest BCUT2D eigenvalue weighted by molar-refractivity contribution is 0.761. The van der Waals surface area contributed by atoms with Gasteiger partial charge in [0.2, 0.25) is 0 Å². The Bertz CT molecular complexity index is 120. The summed E-state index contributed by atoms with van der Waals surface area (Å²) >= 11 is 0. The van der Waals surface area contributed by atoms with Gasteiger partial charge in [0, 0.05) is 0 Å². The summed E-state index contributed by atoms with van der Waals surface area (Å²) < 4.78 is 0. The second-order valence-corrected chi connectivity index (χ2v) is 2.52. The zero-order valence-corrected chi connectivity index (χ0v) is 7.13. The minimum Gasteiger partial charge on any atom is -0.103 e. The summed E-state index contributed by atoms with van der Waals surface area (Å²) in [5, 5.41) is 0. The van der Waals surface area contributed by atoms with Crippen LogP contribution in [0, 0.1) is 6.58 Å². The van der Waals surface area contributed by atoms with Crippen LogP contribution in [-0.2, 0) is 0 Å². The van der Waals surface area contributed by atoms with E-state index in [1.54, 1.807) is 6.08 Å². The molecule has 0 nitrogen and oxygen atoms in total. The van der Waals surface area contributed by atoms with Gasteiger partial charge in [0.05, 0.1) is 0 Å². The van der Waals surface area contributed by atoms with Crippen molar-refractivity contribution < 1.29 is 0 Å². The van der Waals surface area contributed by atoms with Crippen LogP contribution in [-0.4, -0.2) is 0 Å². The van der Waals surface area contributed by atoms with Gasteiger partial charge >= 0.3 is 0 Å². The van der Waals surface area contributed by atoms with E-state index in [1.165, 1.54) is 19.3 Å². The summed E-state index contributed by atoms with van der Waals surface area (Å²) in [5.41, 5.74) is 0. The van der Waals surface area contributed by atoms with Crippen molar-refractivity contribution in [2.45, 2.75) is 32.1 Å². The zero-order valence-electron chi connectivity index (χ0n) is 7.13. The highest BCUT2D eigenvalue weighted by atomic mass is 13.9. The highest BCUT2D eigenvalue weighted by molar-refractivity contribution is 4.88. The van der Waals surface area contributed by atoms with E-state index < -0.39 is 0 Å². The van der Waals surface area contributed by atoms with Crippen LogP contribution in [0.2, 0.25) is 0 Å². The lowest BCUT2D eigenvalue weighted by Crippen LogP contribution is -1.71. The summed E-state index contributed by atoms with van der Waals surface area (Å²) in [6.07, 6.45) is 13.6. The fourth-order valence-electron chi connectivity index (χ4n) is 0.835. The summed E-state index contributed by atoms with van der Waals surface area (Å²) in [4.78, 5) is 0. The first-order chi connectivity index (χ1) is 5.41. The fraction of sp³-hybridized carbons (Fsp3) is 0.455. The third-order valence-corrected chi connectivity index (χ3v) is 1.46. The molecule has 11 heavy (non-hydrogen) atoms. The second kappa shape index (κ2) is 9.22. The third-order valence-electron chi connectivity index (χ3n) is 1.46. The van der Waals surface area contributed by atoms with Gasteiger partial charge in [-0.05, 0) is 32.1 Å². The Kier molecular flexibility index (Phi) is 8.57. The molecule has 0 spiro atoms. The Balaban J connectivity index is 3.00. The van der Waals surface area contributed by atoms with E-state index >= 15 is 0 Å². The minimum absolute atomic E-state index is 0.989. The number of hydrogen-bond acceptors (Lipinski definition) is 0. The average molecular weight is 149 g/mol. The smallest absolute Gasteiger partial charge is 0.0172 e. The van der Waals surface area contributed by atoms with Gasteiger partial charge in [-0.3, -0.25) is 0 Å². The Morgan fingerprint density at radius 3 is 2.45 bits per heavy atom. The van der Waals surface area contributed by atoms with Crippen molar-refractivity contribution >= 4 is 0 Å². The van der Waals surface area contributed by atoms with Gasteiger partial charge in [-0.25, -0.2) is 0 Å². The van der Waals surface area contributed by atoms with Gasteiger partial charge in [0.15, 0.2) is 0 Å². The Morgan fingerprint density at radius 2 is 1.82 bits per heavy atom. The normalized spacial score (nSPS) is 10.2. The van der Waals surface area contributed by atoms with E-state index in [2.05, 4.69) is 18.7 Å². The monoisotopic (exact) mass is 149 g/mol. The van der Waals surface area contributed by atoms with Gasteiger partial charge in [0.1, 0.15) is 0 Å². The predicted octanol–water partition coefficient (Wildman–Crippen LogP) is 3.67. The van der Waals surface area contributed by atoms with Crippen molar-refractivity contribution in [2.24, 2.45) is 0 Å². The molecule has 1 radical (unpaired) electrons. The number of hydrogen-bond donors (Lipinski definition) is 0. The highest BCUT2D eigenvalue weighted by Gasteiger charge is 1.81. The van der Waals surface area contributed by atoms with Crippen LogP contribution in [0.15, 0.2) is 30.9 Å². The van der Waals surface area contributed by atoms with Crippen molar-refractivity contribution in [1.29, 1.82) is 0 Å². The largest absolute Gasteiger partial charge is 0.103 e. The molecule has 0 aromatic heterocycles. The van der Waals surface area contributed by atoms with Gasteiger partial charge in [-0.1, -0.05) is 30.9 Å². The van der Waals surface area contributed by atoms with Crippen LogP contribution >= 0.6 is 0 Å². The molecule has 0 amide bonds. The molecule has 0 aliphatic rings. The van der Waals surface area contributed by atoms with Crippen LogP contribution in [0.3, 0.4) is 0 Å². The molecule has 0 aromatic carbocycles. The van der Waals surface area contributed by atoms with Crippen LogP contribution in [0.5, 0.6) is 0 Å². The van der Waals surface area contributed by atoms with Gasteiger partial charge < -0.3 is 0 Å². The summed E-state index contributed by atoms with van der Waals surface area (Å²) in [6.45, 7) is 8.87. The molecule has 0 aliphatic heterocycles. The van der Waals surface area contributed by atoms with Crippen LogP contribution in [0.25, 0.3) is 0 Å². The lowest BCUT2D eigenvalue weighted by Gasteiger charge is -1.91. The minimum atomic E-state index is 0.989. The molecule has 0 aliphatic carbocycles. The van der Waals surface area contributed by atoms with Crippen LogP contribution in [0.1, 0.15) is 32.1 Å². The van der Waals surface area contributed by atoms with Crippen molar-refractivity contribution in [3.05, 3.63) is 37.5 Å². The van der Waals surface area contributed by atoms with E-state index in [-0.39, 0.29) is 0 Å². The molecule has 0 N–H and O–H groups in total. The standard InChI is InChI=1S/C11H17/c1-3-5-7-9-11-10-8-6-4-2/h1,3-4,8,10H,2,5-7,9,11H2. The first-order valence-corrected chi connectivity index (χ1v) is 4.21. The van der Waals surface area contributed by atoms with Gasteiger partial charge in [0.25, 0.3) is 0 Å². The number of allylic oxidation sites excluding steroid dienone is 4. The molecular weight excluding hydrogens is 132 g/mol. The molecule has 0 heteroatoms.